The van der Waals surface area contributed by atoms with Crippen LogP contribution in [-0.4, -0.2) is 11.8 Å². The van der Waals surface area contributed by atoms with Gasteiger partial charge in [0, 0.05) is 12.6 Å². The average molecular weight is 324 g/mol. The van der Waals surface area contributed by atoms with Crippen molar-refractivity contribution in [3.05, 3.63) is 65.7 Å². The lowest BCUT2D eigenvalue weighted by atomic mass is 10.0. The highest BCUT2D eigenvalue weighted by Crippen LogP contribution is 2.18. The molecule has 126 valence electrons. The van der Waals surface area contributed by atoms with E-state index in [0.717, 1.165) is 24.1 Å². The maximum absolute atomic E-state index is 12.3. The summed E-state index contributed by atoms with van der Waals surface area (Å²) < 4.78 is 0. The molecule has 0 saturated heterocycles. The van der Waals surface area contributed by atoms with E-state index in [1.165, 1.54) is 12.5 Å². The minimum Gasteiger partial charge on any atom is -0.349 e. The molecule has 24 heavy (non-hydrogen) atoms. The molecule has 0 aliphatic rings. The lowest BCUT2D eigenvalue weighted by molar-refractivity contribution is -0.120. The van der Waals surface area contributed by atoms with E-state index in [-0.39, 0.29) is 24.3 Å². The van der Waals surface area contributed by atoms with Gasteiger partial charge >= 0.3 is 0 Å². The molecule has 0 heterocycles. The summed E-state index contributed by atoms with van der Waals surface area (Å²) in [6.07, 6.45) is 2.33. The minimum atomic E-state index is -0.330. The van der Waals surface area contributed by atoms with Crippen LogP contribution in [0.5, 0.6) is 0 Å². The van der Waals surface area contributed by atoms with E-state index in [9.17, 15) is 9.59 Å². The molecule has 0 radical (unpaired) electrons. The summed E-state index contributed by atoms with van der Waals surface area (Å²) in [6.45, 7) is 3.60. The Hall–Kier alpha value is -2.62. The van der Waals surface area contributed by atoms with Crippen molar-refractivity contribution in [2.75, 3.05) is 5.32 Å². The summed E-state index contributed by atoms with van der Waals surface area (Å²) in [4.78, 5) is 23.7. The molecular weight excluding hydrogens is 300 g/mol. The maximum Gasteiger partial charge on any atom is 0.226 e. The van der Waals surface area contributed by atoms with Crippen molar-refractivity contribution in [1.82, 2.24) is 5.32 Å². The molecule has 4 heteroatoms. The van der Waals surface area contributed by atoms with Crippen LogP contribution in [0, 0.1) is 0 Å². The first-order chi connectivity index (χ1) is 11.6. The van der Waals surface area contributed by atoms with Gasteiger partial charge in [-0.15, -0.1) is 0 Å². The van der Waals surface area contributed by atoms with Crippen molar-refractivity contribution >= 4 is 17.5 Å². The summed E-state index contributed by atoms with van der Waals surface area (Å²) >= 11 is 0. The molecule has 0 bridgehead atoms. The first kappa shape index (κ1) is 17.7. The third kappa shape index (κ3) is 5.54. The highest BCUT2D eigenvalue weighted by Gasteiger charge is 2.17. The monoisotopic (exact) mass is 324 g/mol. The van der Waals surface area contributed by atoms with Crippen molar-refractivity contribution in [2.45, 2.75) is 39.2 Å². The molecule has 2 aromatic carbocycles. The van der Waals surface area contributed by atoms with Crippen LogP contribution in [0.4, 0.5) is 5.69 Å². The maximum atomic E-state index is 12.3. The largest absolute Gasteiger partial charge is 0.349 e. The van der Waals surface area contributed by atoms with Crippen LogP contribution in [0.2, 0.25) is 0 Å². The van der Waals surface area contributed by atoms with Crippen molar-refractivity contribution in [3.8, 4) is 0 Å². The topological polar surface area (TPSA) is 58.2 Å². The molecule has 0 fully saturated rings. The number of anilines is 1. The molecule has 0 aromatic heterocycles. The summed E-state index contributed by atoms with van der Waals surface area (Å²) in [5, 5.41) is 5.73. The highest BCUT2D eigenvalue weighted by molar-refractivity contribution is 5.91. The fourth-order valence-electron chi connectivity index (χ4n) is 2.62. The van der Waals surface area contributed by atoms with E-state index in [2.05, 4.69) is 17.6 Å². The van der Waals surface area contributed by atoms with Gasteiger partial charge in [0.05, 0.1) is 12.5 Å². The molecule has 0 saturated carbocycles. The van der Waals surface area contributed by atoms with Gasteiger partial charge in [0.25, 0.3) is 0 Å². The highest BCUT2D eigenvalue weighted by atomic mass is 16.2. The van der Waals surface area contributed by atoms with Crippen LogP contribution in [0.1, 0.15) is 43.9 Å². The molecule has 2 N–H and O–H groups in total. The Bertz CT molecular complexity index is 666. The Morgan fingerprint density at radius 3 is 2.25 bits per heavy atom. The van der Waals surface area contributed by atoms with Gasteiger partial charge in [0.2, 0.25) is 11.8 Å². The number of benzene rings is 2. The van der Waals surface area contributed by atoms with Gasteiger partial charge < -0.3 is 10.6 Å². The molecule has 0 aliphatic carbocycles. The van der Waals surface area contributed by atoms with E-state index in [1.54, 1.807) is 0 Å². The van der Waals surface area contributed by atoms with Gasteiger partial charge in [-0.1, -0.05) is 55.8 Å². The first-order valence-electron chi connectivity index (χ1n) is 8.29. The molecule has 2 amide bonds. The van der Waals surface area contributed by atoms with E-state index in [4.69, 9.17) is 0 Å². The molecule has 4 nitrogen and oxygen atoms in total. The van der Waals surface area contributed by atoms with Gasteiger partial charge in [-0.25, -0.2) is 0 Å². The van der Waals surface area contributed by atoms with Gasteiger partial charge in [0.15, 0.2) is 0 Å². The number of rotatable bonds is 7. The zero-order valence-electron chi connectivity index (χ0n) is 14.2. The second-order valence-electron chi connectivity index (χ2n) is 5.86. The van der Waals surface area contributed by atoms with Crippen molar-refractivity contribution in [2.24, 2.45) is 0 Å². The Kier molecular flexibility index (Phi) is 6.55. The quantitative estimate of drug-likeness (QED) is 0.813. The summed E-state index contributed by atoms with van der Waals surface area (Å²) in [7, 11) is 0. The second-order valence-corrected chi connectivity index (χ2v) is 5.86. The number of nitrogens with one attached hydrogen (secondary N) is 2. The molecule has 0 spiro atoms. The first-order valence-corrected chi connectivity index (χ1v) is 8.29. The van der Waals surface area contributed by atoms with E-state index >= 15 is 0 Å². The molecule has 0 aliphatic heterocycles. The fourth-order valence-corrected chi connectivity index (χ4v) is 2.62. The minimum absolute atomic E-state index is 0.124. The Balaban J connectivity index is 2.00. The van der Waals surface area contributed by atoms with Crippen LogP contribution in [-0.2, 0) is 16.0 Å². The van der Waals surface area contributed by atoms with Crippen LogP contribution in [0.15, 0.2) is 54.6 Å². The lowest BCUT2D eigenvalue weighted by Gasteiger charge is -2.18. The Morgan fingerprint density at radius 2 is 1.67 bits per heavy atom. The van der Waals surface area contributed by atoms with Crippen LogP contribution >= 0.6 is 0 Å². The fraction of sp³-hybridized carbons (Fsp3) is 0.300. The molecular formula is C20H24N2O2. The van der Waals surface area contributed by atoms with E-state index < -0.39 is 0 Å². The van der Waals surface area contributed by atoms with Crippen molar-refractivity contribution < 1.29 is 9.59 Å². The van der Waals surface area contributed by atoms with Crippen LogP contribution in [0.3, 0.4) is 0 Å². The number of aryl methyl sites for hydroxylation is 1. The average Bonchev–Trinajstić information content (AvgIpc) is 2.57. The lowest BCUT2D eigenvalue weighted by Crippen LogP contribution is -2.29. The van der Waals surface area contributed by atoms with E-state index in [1.807, 2.05) is 54.6 Å². The molecule has 2 rings (SSSR count). The Labute approximate surface area is 143 Å². The number of carbonyl (C=O) groups is 2. The number of hydrogen-bond acceptors (Lipinski definition) is 2. The summed E-state index contributed by atoms with van der Waals surface area (Å²) in [5.41, 5.74) is 2.95. The zero-order chi connectivity index (χ0) is 17.4. The van der Waals surface area contributed by atoms with Gasteiger partial charge in [-0.2, -0.15) is 0 Å². The van der Waals surface area contributed by atoms with Gasteiger partial charge in [-0.05, 0) is 29.7 Å². The normalized spacial score (nSPS) is 11.6. The number of carbonyl (C=O) groups excluding carboxylic acids is 2. The SMILES string of the molecule is CCCc1ccc(NC(=O)C[C@H](NC(C)=O)c2ccccc2)cc1. The smallest absolute Gasteiger partial charge is 0.226 e. The standard InChI is InChI=1S/C20H24N2O2/c1-3-7-16-10-12-18(13-11-16)22-20(24)14-19(21-15(2)23)17-8-5-4-6-9-17/h4-6,8-13,19H,3,7,14H2,1-2H3,(H,21,23)(H,22,24)/t19-/m0/s1. The second kappa shape index (κ2) is 8.87. The molecule has 1 atom stereocenters. The van der Waals surface area contributed by atoms with Crippen molar-refractivity contribution in [3.63, 3.8) is 0 Å². The van der Waals surface area contributed by atoms with Gasteiger partial charge in [0.1, 0.15) is 0 Å². The predicted octanol–water partition coefficient (Wildman–Crippen LogP) is 3.85. The summed E-state index contributed by atoms with van der Waals surface area (Å²) in [5.74, 6) is -0.276. The number of hydrogen-bond donors (Lipinski definition) is 2. The Morgan fingerprint density at radius 1 is 1.00 bits per heavy atom. The molecule has 0 unspecified atom stereocenters. The zero-order valence-corrected chi connectivity index (χ0v) is 14.2. The van der Waals surface area contributed by atoms with E-state index in [0.29, 0.717) is 0 Å². The van der Waals surface area contributed by atoms with Crippen LogP contribution in [0.25, 0.3) is 0 Å². The van der Waals surface area contributed by atoms with Gasteiger partial charge in [-0.3, -0.25) is 9.59 Å². The molecule has 2 aromatic rings. The van der Waals surface area contributed by atoms with Crippen LogP contribution < -0.4 is 10.6 Å². The third-order valence-corrected chi connectivity index (χ3v) is 3.75. The predicted molar refractivity (Wildman–Crippen MR) is 96.7 cm³/mol. The van der Waals surface area contributed by atoms with Crippen molar-refractivity contribution in [1.29, 1.82) is 0 Å². The number of amides is 2. The summed E-state index contributed by atoms with van der Waals surface area (Å²) in [6, 6.07) is 17.1. The third-order valence-electron chi connectivity index (χ3n) is 3.75.